The number of nitrogens with one attached hydrogen (secondary N) is 1. The number of fused-ring (bicyclic) bond motifs is 1. The summed E-state index contributed by atoms with van der Waals surface area (Å²) >= 11 is 0. The van der Waals surface area contributed by atoms with Gasteiger partial charge in [-0.15, -0.1) is 0 Å². The van der Waals surface area contributed by atoms with Gasteiger partial charge in [0.05, 0.1) is 6.42 Å². The van der Waals surface area contributed by atoms with Crippen molar-refractivity contribution in [2.45, 2.75) is 90.9 Å². The summed E-state index contributed by atoms with van der Waals surface area (Å²) in [6, 6.07) is 8.07. The van der Waals surface area contributed by atoms with E-state index in [4.69, 9.17) is 0 Å². The Bertz CT molecular complexity index is 806. The van der Waals surface area contributed by atoms with Crippen LogP contribution in [0.5, 0.6) is 0 Å². The minimum absolute atomic E-state index is 0.250. The molecular weight excluding hydrogens is 396 g/mol. The molecule has 0 radical (unpaired) electrons. The lowest BCUT2D eigenvalue weighted by molar-refractivity contribution is -0.121. The van der Waals surface area contributed by atoms with Crippen LogP contribution in [0, 0.1) is 23.2 Å². The highest BCUT2D eigenvalue weighted by Crippen LogP contribution is 2.69. The van der Waals surface area contributed by atoms with Gasteiger partial charge in [-0.05, 0) is 79.7 Å². The maximum atomic E-state index is 11.7. The van der Waals surface area contributed by atoms with Crippen LogP contribution in [0.25, 0.3) is 0 Å². The van der Waals surface area contributed by atoms with Crippen LogP contribution in [0.1, 0.15) is 90.0 Å². The number of benzene rings is 1. The first-order chi connectivity index (χ1) is 15.6. The molecule has 0 aromatic heterocycles. The molecule has 1 heterocycles. The molecule has 0 saturated heterocycles. The summed E-state index contributed by atoms with van der Waals surface area (Å²) in [6.45, 7) is 6.10. The molecule has 1 aromatic rings. The summed E-state index contributed by atoms with van der Waals surface area (Å²) in [5.74, 6) is 3.38. The largest absolute Gasteiger partial charge is 0.356 e. The van der Waals surface area contributed by atoms with Gasteiger partial charge in [-0.2, -0.15) is 0 Å². The van der Waals surface area contributed by atoms with Crippen LogP contribution in [0.4, 0.5) is 5.69 Å². The van der Waals surface area contributed by atoms with Crippen molar-refractivity contribution in [2.75, 3.05) is 18.0 Å². The predicted molar refractivity (Wildman–Crippen MR) is 131 cm³/mol. The topological polar surface area (TPSA) is 49.4 Å². The van der Waals surface area contributed by atoms with Crippen molar-refractivity contribution in [2.24, 2.45) is 23.2 Å². The van der Waals surface area contributed by atoms with E-state index in [9.17, 15) is 9.59 Å². The van der Waals surface area contributed by atoms with Gasteiger partial charge >= 0.3 is 0 Å². The Balaban J connectivity index is 0.000000158. The highest BCUT2D eigenvalue weighted by molar-refractivity contribution is 6.01. The van der Waals surface area contributed by atoms with Crippen molar-refractivity contribution >= 4 is 17.5 Å². The second-order valence-electron chi connectivity index (χ2n) is 10.7. The van der Waals surface area contributed by atoms with Crippen LogP contribution in [0.3, 0.4) is 0 Å². The zero-order chi connectivity index (χ0) is 22.6. The van der Waals surface area contributed by atoms with Crippen molar-refractivity contribution in [3.05, 3.63) is 29.8 Å². The van der Waals surface area contributed by atoms with E-state index in [-0.39, 0.29) is 11.8 Å². The van der Waals surface area contributed by atoms with E-state index in [2.05, 4.69) is 19.2 Å². The second-order valence-corrected chi connectivity index (χ2v) is 10.7. The molecule has 1 aromatic carbocycles. The Hall–Kier alpha value is -1.84. The molecule has 4 unspecified atom stereocenters. The number of nitrogens with zero attached hydrogens (tertiary/aromatic N) is 1. The summed E-state index contributed by atoms with van der Waals surface area (Å²) in [4.78, 5) is 25.2. The van der Waals surface area contributed by atoms with Gasteiger partial charge in [0, 0.05) is 25.2 Å². The highest BCUT2D eigenvalue weighted by atomic mass is 16.2. The molecule has 32 heavy (non-hydrogen) atoms. The second kappa shape index (κ2) is 10.4. The van der Waals surface area contributed by atoms with E-state index in [0.29, 0.717) is 6.42 Å². The lowest BCUT2D eigenvalue weighted by atomic mass is 9.56. The fourth-order valence-electron chi connectivity index (χ4n) is 6.98. The minimum Gasteiger partial charge on any atom is -0.356 e. The average molecular weight is 439 g/mol. The first-order valence-electron chi connectivity index (χ1n) is 13.2. The molecule has 2 amide bonds. The summed E-state index contributed by atoms with van der Waals surface area (Å²) in [6.07, 6.45) is 14.4. The fourth-order valence-corrected chi connectivity index (χ4v) is 6.98. The summed E-state index contributed by atoms with van der Waals surface area (Å²) < 4.78 is 0. The number of carbonyl (C=O) groups is 2. The van der Waals surface area contributed by atoms with E-state index in [1.807, 2.05) is 29.2 Å². The van der Waals surface area contributed by atoms with Gasteiger partial charge in [0.25, 0.3) is 0 Å². The molecule has 4 atom stereocenters. The third kappa shape index (κ3) is 4.75. The summed E-state index contributed by atoms with van der Waals surface area (Å²) in [5, 5.41) is 3.17. The quantitative estimate of drug-likeness (QED) is 0.550. The number of hydrogen-bond acceptors (Lipinski definition) is 2. The fraction of sp³-hybridized carbons (Fsp3) is 0.714. The molecule has 4 aliphatic rings. The van der Waals surface area contributed by atoms with Gasteiger partial charge in [0.1, 0.15) is 0 Å². The van der Waals surface area contributed by atoms with Gasteiger partial charge < -0.3 is 10.2 Å². The average Bonchev–Trinajstić information content (AvgIpc) is 3.39. The molecule has 0 bridgehead atoms. The maximum Gasteiger partial charge on any atom is 0.231 e. The highest BCUT2D eigenvalue weighted by Gasteiger charge is 2.60. The number of anilines is 1. The third-order valence-corrected chi connectivity index (χ3v) is 8.68. The molecule has 4 heteroatoms. The van der Waals surface area contributed by atoms with Gasteiger partial charge in [0.2, 0.25) is 11.8 Å². The normalized spacial score (nSPS) is 29.5. The van der Waals surface area contributed by atoms with Gasteiger partial charge in [-0.1, -0.05) is 51.3 Å². The van der Waals surface area contributed by atoms with E-state index in [1.54, 1.807) is 0 Å². The van der Waals surface area contributed by atoms with Crippen molar-refractivity contribution in [3.63, 3.8) is 0 Å². The first kappa shape index (κ1) is 23.3. The molecular formula is C28H42N2O2. The minimum atomic E-state index is 0.250. The van der Waals surface area contributed by atoms with Crippen LogP contribution in [-0.4, -0.2) is 24.9 Å². The first-order valence-corrected chi connectivity index (χ1v) is 13.2. The number of para-hydroxylation sites is 1. The standard InChI is InChI=1S/C16H27NO.C12H15NO/c1-2-3-6-15(18)17-11-12-8-14-9-13-5-4-7-16(13,14)10-12;1-2-3-8-13-11-7-5-4-6-10(11)9-12(13)14/h12-14H,2-11H2,1H3,(H,17,18);4-7H,2-3,8-9H2,1H3. The number of rotatable bonds is 8. The molecule has 1 spiro atoms. The van der Waals surface area contributed by atoms with Crippen molar-refractivity contribution < 1.29 is 9.59 Å². The Morgan fingerprint density at radius 1 is 1.12 bits per heavy atom. The van der Waals surface area contributed by atoms with Crippen molar-refractivity contribution in [1.82, 2.24) is 5.32 Å². The molecule has 3 aliphatic carbocycles. The predicted octanol–water partition coefficient (Wildman–Crippen LogP) is 5.89. The monoisotopic (exact) mass is 438 g/mol. The van der Waals surface area contributed by atoms with Crippen LogP contribution in [-0.2, 0) is 16.0 Å². The number of amides is 2. The number of carbonyl (C=O) groups excluding carboxylic acids is 2. The Kier molecular flexibility index (Phi) is 7.58. The van der Waals surface area contributed by atoms with E-state index in [1.165, 1.54) is 44.1 Å². The van der Waals surface area contributed by atoms with Gasteiger partial charge in [-0.3, -0.25) is 9.59 Å². The molecule has 1 aliphatic heterocycles. The van der Waals surface area contributed by atoms with Crippen molar-refractivity contribution in [1.29, 1.82) is 0 Å². The smallest absolute Gasteiger partial charge is 0.231 e. The van der Waals surface area contributed by atoms with Gasteiger partial charge in [0.15, 0.2) is 0 Å². The van der Waals surface area contributed by atoms with Crippen LogP contribution in [0.2, 0.25) is 0 Å². The zero-order valence-electron chi connectivity index (χ0n) is 20.2. The Morgan fingerprint density at radius 2 is 1.94 bits per heavy atom. The maximum absolute atomic E-state index is 11.7. The van der Waals surface area contributed by atoms with E-state index < -0.39 is 0 Å². The molecule has 176 valence electrons. The molecule has 4 nitrogen and oxygen atoms in total. The number of hydrogen-bond donors (Lipinski definition) is 1. The Morgan fingerprint density at radius 3 is 2.72 bits per heavy atom. The molecule has 5 rings (SSSR count). The lowest BCUT2D eigenvalue weighted by Gasteiger charge is -2.49. The molecule has 3 saturated carbocycles. The van der Waals surface area contributed by atoms with Crippen molar-refractivity contribution in [3.8, 4) is 0 Å². The summed E-state index contributed by atoms with van der Waals surface area (Å²) in [7, 11) is 0. The summed E-state index contributed by atoms with van der Waals surface area (Å²) in [5.41, 5.74) is 3.04. The van der Waals surface area contributed by atoms with Crippen LogP contribution < -0.4 is 10.2 Å². The van der Waals surface area contributed by atoms with E-state index in [0.717, 1.165) is 74.0 Å². The van der Waals surface area contributed by atoms with Crippen LogP contribution >= 0.6 is 0 Å². The lowest BCUT2D eigenvalue weighted by Crippen LogP contribution is -2.41. The van der Waals surface area contributed by atoms with E-state index >= 15 is 0 Å². The molecule has 3 fully saturated rings. The third-order valence-electron chi connectivity index (χ3n) is 8.68. The SMILES string of the molecule is CCCCC(=O)NCC1CC2CC3CCCC32C1.CCCCN1C(=O)Cc2ccccc21. The van der Waals surface area contributed by atoms with Crippen LogP contribution in [0.15, 0.2) is 24.3 Å². The Labute approximate surface area is 194 Å². The van der Waals surface area contributed by atoms with Gasteiger partial charge in [-0.25, -0.2) is 0 Å². The number of unbranched alkanes of at least 4 members (excludes halogenated alkanes) is 2. The molecule has 1 N–H and O–H groups in total. The zero-order valence-corrected chi connectivity index (χ0v) is 20.2.